The van der Waals surface area contributed by atoms with E-state index in [0.717, 1.165) is 57.4 Å². The molecule has 1 aromatic rings. The number of rotatable bonds is 3. The van der Waals surface area contributed by atoms with Crippen LogP contribution in [0.15, 0.2) is 18.6 Å². The summed E-state index contributed by atoms with van der Waals surface area (Å²) in [5.41, 5.74) is 0. The molecule has 1 aliphatic heterocycles. The first-order chi connectivity index (χ1) is 11.3. The van der Waals surface area contributed by atoms with Crippen molar-refractivity contribution >= 4 is 11.8 Å². The maximum Gasteiger partial charge on any atom is 0.309 e. The lowest BCUT2D eigenvalue weighted by Crippen LogP contribution is -2.39. The van der Waals surface area contributed by atoms with Gasteiger partial charge in [0.2, 0.25) is 0 Å². The highest BCUT2D eigenvalue weighted by Crippen LogP contribution is 2.29. The van der Waals surface area contributed by atoms with Crippen molar-refractivity contribution in [1.82, 2.24) is 9.97 Å². The monoisotopic (exact) mass is 314 g/mol. The fourth-order valence-corrected chi connectivity index (χ4v) is 3.43. The zero-order valence-corrected chi connectivity index (χ0v) is 13.2. The molecule has 0 amide bonds. The summed E-state index contributed by atoms with van der Waals surface area (Å²) in [6, 6.07) is 2.29. The summed E-state index contributed by atoms with van der Waals surface area (Å²) in [5, 5.41) is 9.18. The Morgan fingerprint density at radius 2 is 2.00 bits per heavy atom. The molecule has 6 heteroatoms. The molecule has 23 heavy (non-hydrogen) atoms. The Labute approximate surface area is 136 Å². The summed E-state index contributed by atoms with van der Waals surface area (Å²) in [6.07, 6.45) is 10.2. The van der Waals surface area contributed by atoms with Gasteiger partial charge in [-0.25, -0.2) is 4.98 Å². The summed E-state index contributed by atoms with van der Waals surface area (Å²) >= 11 is 0. The molecule has 1 saturated heterocycles. The van der Waals surface area contributed by atoms with Crippen molar-refractivity contribution < 1.29 is 9.53 Å². The summed E-state index contributed by atoms with van der Waals surface area (Å²) in [6.45, 7) is 1.57. The zero-order valence-electron chi connectivity index (χ0n) is 13.2. The van der Waals surface area contributed by atoms with Crippen molar-refractivity contribution in [3.63, 3.8) is 0 Å². The van der Waals surface area contributed by atoms with Gasteiger partial charge < -0.3 is 9.64 Å². The maximum absolute atomic E-state index is 12.4. The topological polar surface area (TPSA) is 79.1 Å². The fraction of sp³-hybridized carbons (Fsp3) is 0.647. The van der Waals surface area contributed by atoms with Crippen LogP contribution in [-0.2, 0) is 9.53 Å². The van der Waals surface area contributed by atoms with Gasteiger partial charge in [0.25, 0.3) is 0 Å². The third kappa shape index (κ3) is 3.79. The second-order valence-corrected chi connectivity index (χ2v) is 6.32. The third-order valence-electron chi connectivity index (χ3n) is 4.84. The van der Waals surface area contributed by atoms with Gasteiger partial charge in [-0.3, -0.25) is 9.78 Å². The van der Waals surface area contributed by atoms with Crippen LogP contribution in [0.2, 0.25) is 0 Å². The highest BCUT2D eigenvalue weighted by Gasteiger charge is 2.32. The SMILES string of the molecule is N#C[C@@H]1CCCC[C@@H]1OC(=O)C1CCN(c2cnccn2)CC1. The van der Waals surface area contributed by atoms with Gasteiger partial charge in [0.05, 0.1) is 24.1 Å². The summed E-state index contributed by atoms with van der Waals surface area (Å²) in [4.78, 5) is 22.9. The maximum atomic E-state index is 12.4. The number of carbonyl (C=O) groups excluding carboxylic acids is 1. The van der Waals surface area contributed by atoms with E-state index in [1.165, 1.54) is 0 Å². The summed E-state index contributed by atoms with van der Waals surface area (Å²) in [7, 11) is 0. The fourth-order valence-electron chi connectivity index (χ4n) is 3.43. The largest absolute Gasteiger partial charge is 0.461 e. The van der Waals surface area contributed by atoms with Crippen LogP contribution < -0.4 is 4.90 Å². The number of nitriles is 1. The van der Waals surface area contributed by atoms with Crippen LogP contribution in [0.4, 0.5) is 5.82 Å². The molecule has 3 rings (SSSR count). The molecule has 0 spiro atoms. The normalized spacial score (nSPS) is 25.6. The Morgan fingerprint density at radius 1 is 1.22 bits per heavy atom. The lowest BCUT2D eigenvalue weighted by molar-refractivity contribution is -0.158. The Morgan fingerprint density at radius 3 is 2.70 bits per heavy atom. The van der Waals surface area contributed by atoms with Gasteiger partial charge in [-0.1, -0.05) is 6.42 Å². The van der Waals surface area contributed by atoms with E-state index >= 15 is 0 Å². The van der Waals surface area contributed by atoms with E-state index in [0.29, 0.717) is 0 Å². The number of ether oxygens (including phenoxy) is 1. The van der Waals surface area contributed by atoms with Crippen molar-refractivity contribution in [2.24, 2.45) is 11.8 Å². The lowest BCUT2D eigenvalue weighted by Gasteiger charge is -2.33. The smallest absolute Gasteiger partial charge is 0.309 e. The number of piperidine rings is 1. The molecule has 0 aromatic carbocycles. The van der Waals surface area contributed by atoms with Gasteiger partial charge in [-0.15, -0.1) is 0 Å². The molecule has 0 N–H and O–H groups in total. The molecule has 2 heterocycles. The Bertz CT molecular complexity index is 564. The second kappa shape index (κ2) is 7.40. The molecule has 2 fully saturated rings. The summed E-state index contributed by atoms with van der Waals surface area (Å²) in [5.74, 6) is 0.531. The van der Waals surface area contributed by atoms with Crippen molar-refractivity contribution in [2.75, 3.05) is 18.0 Å². The first-order valence-corrected chi connectivity index (χ1v) is 8.39. The number of aromatic nitrogens is 2. The molecule has 2 aliphatic rings. The first-order valence-electron chi connectivity index (χ1n) is 8.39. The highest BCUT2D eigenvalue weighted by molar-refractivity contribution is 5.73. The van der Waals surface area contributed by atoms with Crippen molar-refractivity contribution in [1.29, 1.82) is 5.26 Å². The number of nitrogens with zero attached hydrogens (tertiary/aromatic N) is 4. The van der Waals surface area contributed by atoms with Crippen molar-refractivity contribution in [3.05, 3.63) is 18.6 Å². The molecule has 1 aromatic heterocycles. The Balaban J connectivity index is 1.51. The molecular formula is C17H22N4O2. The second-order valence-electron chi connectivity index (χ2n) is 6.32. The van der Waals surface area contributed by atoms with Crippen LogP contribution in [-0.4, -0.2) is 35.1 Å². The van der Waals surface area contributed by atoms with Gasteiger partial charge in [0, 0.05) is 25.5 Å². The van der Waals surface area contributed by atoms with Gasteiger partial charge in [0.1, 0.15) is 11.9 Å². The van der Waals surface area contributed by atoms with E-state index in [-0.39, 0.29) is 23.9 Å². The van der Waals surface area contributed by atoms with E-state index in [9.17, 15) is 10.1 Å². The number of esters is 1. The Hall–Kier alpha value is -2.16. The van der Waals surface area contributed by atoms with E-state index in [4.69, 9.17) is 4.74 Å². The minimum atomic E-state index is -0.209. The molecular weight excluding hydrogens is 292 g/mol. The lowest BCUT2D eigenvalue weighted by atomic mass is 9.87. The van der Waals surface area contributed by atoms with Crippen LogP contribution >= 0.6 is 0 Å². The van der Waals surface area contributed by atoms with E-state index < -0.39 is 0 Å². The van der Waals surface area contributed by atoms with Crippen molar-refractivity contribution in [2.45, 2.75) is 44.6 Å². The molecule has 1 aliphatic carbocycles. The molecule has 0 unspecified atom stereocenters. The molecule has 122 valence electrons. The molecule has 6 nitrogen and oxygen atoms in total. The highest BCUT2D eigenvalue weighted by atomic mass is 16.5. The van der Waals surface area contributed by atoms with E-state index in [1.807, 2.05) is 0 Å². The predicted molar refractivity (Wildman–Crippen MR) is 84.4 cm³/mol. The van der Waals surface area contributed by atoms with Crippen LogP contribution in [0.3, 0.4) is 0 Å². The predicted octanol–water partition coefficient (Wildman–Crippen LogP) is 2.32. The van der Waals surface area contributed by atoms with Gasteiger partial charge in [-0.05, 0) is 32.1 Å². The third-order valence-corrected chi connectivity index (χ3v) is 4.84. The summed E-state index contributed by atoms with van der Waals surface area (Å²) < 4.78 is 5.67. The molecule has 2 atom stereocenters. The minimum absolute atomic E-state index is 0.0656. The zero-order chi connectivity index (χ0) is 16.1. The van der Waals surface area contributed by atoms with Crippen LogP contribution in [0.1, 0.15) is 38.5 Å². The standard InChI is InChI=1S/C17H22N4O2/c18-11-14-3-1-2-4-15(14)23-17(22)13-5-9-21(10-6-13)16-12-19-7-8-20-16/h7-8,12-15H,1-6,9-10H2/t14-,15-/m0/s1. The van der Waals surface area contributed by atoms with E-state index in [1.54, 1.807) is 18.6 Å². The average molecular weight is 314 g/mol. The number of hydrogen-bond donors (Lipinski definition) is 0. The number of carbonyl (C=O) groups is 1. The van der Waals surface area contributed by atoms with E-state index in [2.05, 4.69) is 20.9 Å². The van der Waals surface area contributed by atoms with Crippen molar-refractivity contribution in [3.8, 4) is 6.07 Å². The van der Waals surface area contributed by atoms with Gasteiger partial charge >= 0.3 is 5.97 Å². The average Bonchev–Trinajstić information content (AvgIpc) is 2.63. The van der Waals surface area contributed by atoms with Gasteiger partial charge in [-0.2, -0.15) is 5.26 Å². The molecule has 0 radical (unpaired) electrons. The molecule has 1 saturated carbocycles. The number of anilines is 1. The number of hydrogen-bond acceptors (Lipinski definition) is 6. The minimum Gasteiger partial charge on any atom is -0.461 e. The van der Waals surface area contributed by atoms with Gasteiger partial charge in [0.15, 0.2) is 0 Å². The quantitative estimate of drug-likeness (QED) is 0.797. The van der Waals surface area contributed by atoms with Crippen LogP contribution in [0, 0.1) is 23.2 Å². The van der Waals surface area contributed by atoms with Crippen LogP contribution in [0.5, 0.6) is 0 Å². The first kappa shape index (κ1) is 15.7. The van der Waals surface area contributed by atoms with Crippen LogP contribution in [0.25, 0.3) is 0 Å². The Kier molecular flexibility index (Phi) is 5.06. The molecule has 0 bridgehead atoms.